The molecule has 0 bridgehead atoms. The Hall–Kier alpha value is -3.38. The van der Waals surface area contributed by atoms with Crippen molar-refractivity contribution >= 4 is 34.9 Å². The number of carbonyl (C=O) groups excluding carboxylic acids is 2. The topological polar surface area (TPSA) is 61.4 Å². The van der Waals surface area contributed by atoms with E-state index in [1.54, 1.807) is 36.4 Å². The van der Waals surface area contributed by atoms with Crippen molar-refractivity contribution < 1.29 is 14.0 Å². The molecule has 3 amide bonds. The van der Waals surface area contributed by atoms with Crippen LogP contribution in [0.2, 0.25) is 5.02 Å². The van der Waals surface area contributed by atoms with Crippen LogP contribution in [0.1, 0.15) is 31.2 Å². The van der Waals surface area contributed by atoms with Crippen molar-refractivity contribution in [3.05, 3.63) is 95.3 Å². The summed E-state index contributed by atoms with van der Waals surface area (Å²) < 4.78 is 13.4. The van der Waals surface area contributed by atoms with Crippen LogP contribution in [-0.2, 0) is 4.79 Å². The van der Waals surface area contributed by atoms with Gasteiger partial charge in [0.25, 0.3) is 0 Å². The summed E-state index contributed by atoms with van der Waals surface area (Å²) in [4.78, 5) is 27.1. The zero-order valence-electron chi connectivity index (χ0n) is 18.4. The molecule has 0 aliphatic carbocycles. The van der Waals surface area contributed by atoms with Crippen molar-refractivity contribution in [2.75, 3.05) is 23.3 Å². The van der Waals surface area contributed by atoms with E-state index in [1.807, 2.05) is 37.3 Å². The lowest BCUT2D eigenvalue weighted by molar-refractivity contribution is -0.122. The molecule has 0 radical (unpaired) electrons. The zero-order valence-corrected chi connectivity index (χ0v) is 19.2. The number of benzene rings is 3. The Morgan fingerprint density at radius 1 is 0.970 bits per heavy atom. The van der Waals surface area contributed by atoms with Crippen molar-refractivity contribution in [3.8, 4) is 0 Å². The Balaban J connectivity index is 1.61. The fourth-order valence-corrected chi connectivity index (χ4v) is 3.65. The molecule has 7 heteroatoms. The maximum atomic E-state index is 13.4. The summed E-state index contributed by atoms with van der Waals surface area (Å²) in [5.74, 6) is -0.633. The number of amides is 3. The SMILES string of the molecule is CCC(C(=O)NCCCN(C(=O)Nc1ccc(Cl)cc1)c1ccc(F)cc1)c1ccccc1. The van der Waals surface area contributed by atoms with Crippen LogP contribution in [0.5, 0.6) is 0 Å². The van der Waals surface area contributed by atoms with Crippen molar-refractivity contribution in [1.29, 1.82) is 0 Å². The molecule has 5 nitrogen and oxygen atoms in total. The largest absolute Gasteiger partial charge is 0.356 e. The Bertz CT molecular complexity index is 1040. The number of urea groups is 1. The molecular weight excluding hydrogens is 441 g/mol. The smallest absolute Gasteiger partial charge is 0.326 e. The van der Waals surface area contributed by atoms with E-state index in [1.165, 1.54) is 17.0 Å². The minimum absolute atomic E-state index is 0.0392. The maximum absolute atomic E-state index is 13.4. The number of nitrogens with one attached hydrogen (secondary N) is 2. The highest BCUT2D eigenvalue weighted by atomic mass is 35.5. The Kier molecular flexibility index (Phi) is 8.84. The average molecular weight is 468 g/mol. The summed E-state index contributed by atoms with van der Waals surface area (Å²) in [6.07, 6.45) is 1.23. The van der Waals surface area contributed by atoms with Crippen molar-refractivity contribution in [1.82, 2.24) is 5.32 Å². The van der Waals surface area contributed by atoms with Crippen molar-refractivity contribution in [2.24, 2.45) is 0 Å². The van der Waals surface area contributed by atoms with Crippen LogP contribution in [0, 0.1) is 5.82 Å². The number of anilines is 2. The fraction of sp³-hybridized carbons (Fsp3) is 0.231. The van der Waals surface area contributed by atoms with E-state index in [9.17, 15) is 14.0 Å². The maximum Gasteiger partial charge on any atom is 0.326 e. The summed E-state index contributed by atoms with van der Waals surface area (Å²) in [5, 5.41) is 6.37. The van der Waals surface area contributed by atoms with Crippen LogP contribution in [0.3, 0.4) is 0 Å². The van der Waals surface area contributed by atoms with Crippen LogP contribution in [0.4, 0.5) is 20.6 Å². The van der Waals surface area contributed by atoms with E-state index >= 15 is 0 Å². The third-order valence-corrected chi connectivity index (χ3v) is 5.52. The lowest BCUT2D eigenvalue weighted by atomic mass is 9.96. The highest BCUT2D eigenvalue weighted by Crippen LogP contribution is 2.20. The van der Waals surface area contributed by atoms with Crippen LogP contribution >= 0.6 is 11.6 Å². The van der Waals surface area contributed by atoms with Crippen LogP contribution in [0.15, 0.2) is 78.9 Å². The van der Waals surface area contributed by atoms with Crippen molar-refractivity contribution in [2.45, 2.75) is 25.7 Å². The summed E-state index contributed by atoms with van der Waals surface area (Å²) in [6.45, 7) is 2.73. The van der Waals surface area contributed by atoms with E-state index in [4.69, 9.17) is 11.6 Å². The van der Waals surface area contributed by atoms with E-state index in [0.29, 0.717) is 42.3 Å². The minimum atomic E-state index is -0.379. The number of nitrogens with zero attached hydrogens (tertiary/aromatic N) is 1. The average Bonchev–Trinajstić information content (AvgIpc) is 2.82. The van der Waals surface area contributed by atoms with Crippen LogP contribution in [0.25, 0.3) is 0 Å². The third-order valence-electron chi connectivity index (χ3n) is 5.26. The first kappa shape index (κ1) is 24.3. The standard InChI is InChI=1S/C26H27ClFN3O2/c1-2-24(19-7-4-3-5-8-19)25(32)29-17-6-18-31(23-15-11-21(28)12-16-23)26(33)30-22-13-9-20(27)10-14-22/h3-5,7-16,24H,2,6,17-18H2,1H3,(H,29,32)(H,30,33). The lowest BCUT2D eigenvalue weighted by Crippen LogP contribution is -2.38. The molecule has 3 rings (SSSR count). The van der Waals surface area contributed by atoms with Gasteiger partial charge in [0.1, 0.15) is 5.82 Å². The Morgan fingerprint density at radius 2 is 1.64 bits per heavy atom. The minimum Gasteiger partial charge on any atom is -0.356 e. The number of rotatable bonds is 9. The fourth-order valence-electron chi connectivity index (χ4n) is 3.52. The predicted octanol–water partition coefficient (Wildman–Crippen LogP) is 6.22. The van der Waals surface area contributed by atoms with Crippen LogP contribution < -0.4 is 15.5 Å². The molecule has 0 aliphatic rings. The molecule has 0 fully saturated rings. The van der Waals surface area contributed by atoms with E-state index < -0.39 is 0 Å². The molecule has 3 aromatic carbocycles. The molecular formula is C26H27ClFN3O2. The van der Waals surface area contributed by atoms with Gasteiger partial charge in [0.15, 0.2) is 0 Å². The van der Waals surface area contributed by atoms with Gasteiger partial charge < -0.3 is 10.6 Å². The number of hydrogen-bond donors (Lipinski definition) is 2. The monoisotopic (exact) mass is 467 g/mol. The van der Waals surface area contributed by atoms with Gasteiger partial charge in [-0.25, -0.2) is 9.18 Å². The number of carbonyl (C=O) groups is 2. The quantitative estimate of drug-likeness (QED) is 0.367. The molecule has 0 aromatic heterocycles. The zero-order chi connectivity index (χ0) is 23.6. The number of halogens is 2. The molecule has 0 saturated heterocycles. The molecule has 172 valence electrons. The van der Waals surface area contributed by atoms with Crippen molar-refractivity contribution in [3.63, 3.8) is 0 Å². The highest BCUT2D eigenvalue weighted by molar-refractivity contribution is 6.30. The molecule has 0 spiro atoms. The highest BCUT2D eigenvalue weighted by Gasteiger charge is 2.19. The normalized spacial score (nSPS) is 11.5. The lowest BCUT2D eigenvalue weighted by Gasteiger charge is -2.24. The summed E-state index contributed by atoms with van der Waals surface area (Å²) >= 11 is 5.91. The van der Waals surface area contributed by atoms with Gasteiger partial charge in [0.2, 0.25) is 5.91 Å². The first-order chi connectivity index (χ1) is 16.0. The summed E-state index contributed by atoms with van der Waals surface area (Å²) in [7, 11) is 0. The van der Waals surface area contributed by atoms with E-state index in [2.05, 4.69) is 10.6 Å². The first-order valence-electron chi connectivity index (χ1n) is 10.9. The Morgan fingerprint density at radius 3 is 2.27 bits per heavy atom. The second kappa shape index (κ2) is 12.0. The van der Waals surface area contributed by atoms with Gasteiger partial charge in [-0.2, -0.15) is 0 Å². The molecule has 1 atom stereocenters. The van der Waals surface area contributed by atoms with Gasteiger partial charge in [-0.1, -0.05) is 48.9 Å². The molecule has 33 heavy (non-hydrogen) atoms. The first-order valence-corrected chi connectivity index (χ1v) is 11.3. The van der Waals surface area contributed by atoms with Crippen LogP contribution in [-0.4, -0.2) is 25.0 Å². The molecule has 2 N–H and O–H groups in total. The Labute approximate surface area is 198 Å². The predicted molar refractivity (Wildman–Crippen MR) is 131 cm³/mol. The summed E-state index contributed by atoms with van der Waals surface area (Å²) in [5.41, 5.74) is 2.14. The van der Waals surface area contributed by atoms with Gasteiger partial charge in [-0.05, 0) is 66.9 Å². The molecule has 1 unspecified atom stereocenters. The molecule has 3 aromatic rings. The molecule has 0 saturated carbocycles. The van der Waals surface area contributed by atoms with E-state index in [-0.39, 0.29) is 23.7 Å². The van der Waals surface area contributed by atoms with Gasteiger partial charge in [-0.3, -0.25) is 9.69 Å². The second-order valence-electron chi connectivity index (χ2n) is 7.58. The third kappa shape index (κ3) is 7.05. The summed E-state index contributed by atoms with van der Waals surface area (Å²) in [6, 6.07) is 21.8. The second-order valence-corrected chi connectivity index (χ2v) is 8.02. The number of hydrogen-bond acceptors (Lipinski definition) is 2. The van der Waals surface area contributed by atoms with E-state index in [0.717, 1.165) is 5.56 Å². The van der Waals surface area contributed by atoms with Gasteiger partial charge >= 0.3 is 6.03 Å². The van der Waals surface area contributed by atoms with Gasteiger partial charge in [0.05, 0.1) is 5.92 Å². The van der Waals surface area contributed by atoms with Gasteiger partial charge in [0, 0.05) is 29.5 Å². The molecule has 0 aliphatic heterocycles. The van der Waals surface area contributed by atoms with Gasteiger partial charge in [-0.15, -0.1) is 0 Å². The molecule has 0 heterocycles.